The maximum absolute atomic E-state index is 14.7. The fraction of sp³-hybridized carbons (Fsp3) is 0.295. The maximum atomic E-state index is 14.7. The molecule has 2 aliphatic rings. The van der Waals surface area contributed by atoms with Crippen LogP contribution in [0.5, 0.6) is 5.75 Å². The summed E-state index contributed by atoms with van der Waals surface area (Å²) >= 11 is 0. The highest BCUT2D eigenvalue weighted by molar-refractivity contribution is 6.08. The van der Waals surface area contributed by atoms with E-state index < -0.39 is 12.2 Å². The number of aromatic hydroxyl groups is 1. The second kappa shape index (κ2) is 16.1. The number of ketones is 1. The van der Waals surface area contributed by atoms with Crippen LogP contribution in [0.25, 0.3) is 10.9 Å². The summed E-state index contributed by atoms with van der Waals surface area (Å²) in [5, 5.41) is 14.2. The van der Waals surface area contributed by atoms with E-state index in [-0.39, 0.29) is 68.3 Å². The monoisotopic (exact) mass is 738 g/mol. The fourth-order valence-corrected chi connectivity index (χ4v) is 7.99. The Labute approximate surface area is 321 Å². The van der Waals surface area contributed by atoms with Crippen molar-refractivity contribution in [2.75, 3.05) is 19.6 Å². The zero-order chi connectivity index (χ0) is 38.6. The molecular formula is C44H46N6O5. The van der Waals surface area contributed by atoms with Gasteiger partial charge in [-0.05, 0) is 60.7 Å². The molecule has 0 unspecified atom stereocenters. The number of carbonyl (C=O) groups excluding carboxylic acids is 4. The van der Waals surface area contributed by atoms with Gasteiger partial charge < -0.3 is 19.5 Å². The fourth-order valence-electron chi connectivity index (χ4n) is 7.99. The number of carbonyl (C=O) groups is 4. The van der Waals surface area contributed by atoms with Crippen molar-refractivity contribution in [2.24, 2.45) is 7.05 Å². The van der Waals surface area contributed by atoms with E-state index in [1.165, 1.54) is 0 Å². The molecule has 0 bridgehead atoms. The van der Waals surface area contributed by atoms with E-state index in [0.717, 1.165) is 39.0 Å². The van der Waals surface area contributed by atoms with Gasteiger partial charge in [-0.25, -0.2) is 10.0 Å². The number of benzene rings is 3. The summed E-state index contributed by atoms with van der Waals surface area (Å²) in [6, 6.07) is 27.1. The highest BCUT2D eigenvalue weighted by Gasteiger charge is 2.51. The topological polar surface area (TPSA) is 119 Å². The average molecular weight is 739 g/mol. The normalized spacial score (nSPS) is 17.5. The Morgan fingerprint density at radius 3 is 2.42 bits per heavy atom. The van der Waals surface area contributed by atoms with Crippen molar-refractivity contribution in [2.45, 2.75) is 57.8 Å². The van der Waals surface area contributed by atoms with Crippen molar-refractivity contribution in [1.29, 1.82) is 0 Å². The maximum Gasteiger partial charge on any atom is 0.246 e. The number of rotatable bonds is 13. The van der Waals surface area contributed by atoms with Crippen molar-refractivity contribution >= 4 is 34.4 Å². The highest BCUT2D eigenvalue weighted by atomic mass is 16.3. The molecule has 2 aromatic heterocycles. The van der Waals surface area contributed by atoms with Crippen LogP contribution in [0.1, 0.15) is 51.3 Å². The third kappa shape index (κ3) is 7.93. The molecule has 5 aromatic rings. The van der Waals surface area contributed by atoms with Crippen LogP contribution in [0.15, 0.2) is 110 Å². The Morgan fingerprint density at radius 1 is 0.909 bits per heavy atom. The van der Waals surface area contributed by atoms with Crippen molar-refractivity contribution in [3.8, 4) is 5.75 Å². The molecule has 282 valence electrons. The first-order chi connectivity index (χ1) is 26.6. The Bertz CT molecular complexity index is 2230. The lowest BCUT2D eigenvalue weighted by Crippen LogP contribution is -2.75. The minimum absolute atomic E-state index is 0.0115. The Morgan fingerprint density at radius 2 is 1.67 bits per heavy atom. The predicted molar refractivity (Wildman–Crippen MR) is 210 cm³/mol. The number of hydrazine groups is 1. The first kappa shape index (κ1) is 37.3. The second-order valence-corrected chi connectivity index (χ2v) is 14.4. The second-order valence-electron chi connectivity index (χ2n) is 14.4. The lowest BCUT2D eigenvalue weighted by atomic mass is 9.97. The summed E-state index contributed by atoms with van der Waals surface area (Å²) in [6.45, 7) is 6.33. The van der Waals surface area contributed by atoms with E-state index in [4.69, 9.17) is 0 Å². The van der Waals surface area contributed by atoms with E-state index in [9.17, 15) is 24.3 Å². The number of aromatic nitrogens is 2. The number of pyridine rings is 1. The van der Waals surface area contributed by atoms with Crippen molar-refractivity contribution in [3.05, 3.63) is 143 Å². The lowest BCUT2D eigenvalue weighted by molar-refractivity contribution is -0.205. The van der Waals surface area contributed by atoms with Crippen LogP contribution >= 0.6 is 0 Å². The third-order valence-corrected chi connectivity index (χ3v) is 10.6. The van der Waals surface area contributed by atoms with Gasteiger partial charge >= 0.3 is 0 Å². The SMILES string of the molecule is C=CCN1CC(=O)N2[C@@H](Cc3ccc(O)cc3)C(=O)N(Cc3cccc4c(C(=O)CCc5cccc(C)n5)cn(C)c34)C[C@@H]2N1C(=O)CCc1ccccc1. The molecule has 0 saturated carbocycles. The Balaban J connectivity index is 1.21. The van der Waals surface area contributed by atoms with E-state index >= 15 is 0 Å². The molecule has 1 N–H and O–H groups in total. The summed E-state index contributed by atoms with van der Waals surface area (Å²) in [5.74, 6) is -0.524. The largest absolute Gasteiger partial charge is 0.508 e. The van der Waals surface area contributed by atoms with Gasteiger partial charge in [0, 0.05) is 67.9 Å². The highest BCUT2D eigenvalue weighted by Crippen LogP contribution is 2.32. The molecule has 55 heavy (non-hydrogen) atoms. The number of Topliss-reactive ketones (excluding diaryl/α,β-unsaturated/α-hetero) is 1. The van der Waals surface area contributed by atoms with Gasteiger partial charge in [-0.2, -0.15) is 0 Å². The van der Waals surface area contributed by atoms with E-state index in [0.29, 0.717) is 24.8 Å². The van der Waals surface area contributed by atoms with Crippen LogP contribution in [0.2, 0.25) is 0 Å². The van der Waals surface area contributed by atoms with Gasteiger partial charge in [0.2, 0.25) is 17.7 Å². The Kier molecular flexibility index (Phi) is 10.9. The molecule has 0 spiro atoms. The van der Waals surface area contributed by atoms with Crippen LogP contribution in [-0.4, -0.2) is 89.8 Å². The first-order valence-electron chi connectivity index (χ1n) is 18.7. The average Bonchev–Trinajstić information content (AvgIpc) is 3.53. The first-order valence-corrected chi connectivity index (χ1v) is 18.7. The number of hydrogen-bond acceptors (Lipinski definition) is 7. The number of para-hydroxylation sites is 1. The van der Waals surface area contributed by atoms with Crippen molar-refractivity contribution in [3.63, 3.8) is 0 Å². The minimum atomic E-state index is -0.897. The number of hydrogen-bond donors (Lipinski definition) is 1. The van der Waals surface area contributed by atoms with Gasteiger partial charge in [-0.15, -0.1) is 6.58 Å². The quantitative estimate of drug-likeness (QED) is 0.127. The molecule has 0 aliphatic carbocycles. The molecule has 2 fully saturated rings. The van der Waals surface area contributed by atoms with E-state index in [1.54, 1.807) is 50.2 Å². The molecule has 0 radical (unpaired) electrons. The molecule has 2 saturated heterocycles. The number of aryl methyl sites for hydroxylation is 4. The standard InChI is InChI=1S/C44H46N6O5/c1-4-24-48-29-42(54)49-38(25-32-16-20-35(51)21-17-32)44(55)47(28-40(49)50(48)41(53)23-18-31-11-6-5-7-12-31)26-33-13-9-15-36-37(27-46(3)43(33)36)39(52)22-19-34-14-8-10-30(2)45-34/h4-17,20-21,27,38,40,51H,1,18-19,22-26,28-29H2,2-3H3/t38-,40-/m0/s1. The summed E-state index contributed by atoms with van der Waals surface area (Å²) in [5.41, 5.74) is 5.88. The van der Waals surface area contributed by atoms with Gasteiger partial charge in [0.25, 0.3) is 0 Å². The molecule has 7 rings (SSSR count). The molecule has 4 heterocycles. The number of fused-ring (bicyclic) bond motifs is 2. The van der Waals surface area contributed by atoms with E-state index in [1.807, 2.05) is 91.5 Å². The van der Waals surface area contributed by atoms with Gasteiger partial charge in [-0.1, -0.05) is 72.8 Å². The van der Waals surface area contributed by atoms with Crippen LogP contribution < -0.4 is 0 Å². The van der Waals surface area contributed by atoms with Crippen LogP contribution in [0.3, 0.4) is 0 Å². The summed E-state index contributed by atoms with van der Waals surface area (Å²) in [7, 11) is 1.90. The van der Waals surface area contributed by atoms with Gasteiger partial charge in [0.05, 0.1) is 18.6 Å². The molecule has 11 heteroatoms. The third-order valence-electron chi connectivity index (χ3n) is 10.6. The summed E-state index contributed by atoms with van der Waals surface area (Å²) < 4.78 is 1.94. The molecule has 2 aliphatic heterocycles. The lowest BCUT2D eigenvalue weighted by Gasteiger charge is -2.55. The number of nitrogens with zero attached hydrogens (tertiary/aromatic N) is 6. The summed E-state index contributed by atoms with van der Waals surface area (Å²) in [4.78, 5) is 64.5. The van der Waals surface area contributed by atoms with Crippen LogP contribution in [-0.2, 0) is 47.2 Å². The summed E-state index contributed by atoms with van der Waals surface area (Å²) in [6.07, 6.45) is 4.55. The van der Waals surface area contributed by atoms with Gasteiger partial charge in [0.1, 0.15) is 18.0 Å². The number of phenols is 1. The van der Waals surface area contributed by atoms with Gasteiger partial charge in [0.15, 0.2) is 5.78 Å². The zero-order valence-corrected chi connectivity index (χ0v) is 31.3. The molecule has 3 aromatic carbocycles. The number of amides is 3. The molecule has 11 nitrogen and oxygen atoms in total. The number of piperazine rings is 1. The Hall–Kier alpha value is -6.07. The minimum Gasteiger partial charge on any atom is -0.508 e. The number of phenolic OH excluding ortho intramolecular Hbond substituents is 1. The zero-order valence-electron chi connectivity index (χ0n) is 31.3. The van der Waals surface area contributed by atoms with Crippen LogP contribution in [0.4, 0.5) is 0 Å². The smallest absolute Gasteiger partial charge is 0.246 e. The molecule has 2 atom stereocenters. The van der Waals surface area contributed by atoms with Crippen molar-refractivity contribution < 1.29 is 24.3 Å². The van der Waals surface area contributed by atoms with Crippen LogP contribution in [0, 0.1) is 6.92 Å². The van der Waals surface area contributed by atoms with E-state index in [2.05, 4.69) is 11.6 Å². The molecular weight excluding hydrogens is 693 g/mol. The van der Waals surface area contributed by atoms with Gasteiger partial charge in [-0.3, -0.25) is 24.2 Å². The van der Waals surface area contributed by atoms with Crippen molar-refractivity contribution in [1.82, 2.24) is 29.4 Å². The molecule has 3 amide bonds. The predicted octanol–water partition coefficient (Wildman–Crippen LogP) is 5.39.